The highest BCUT2D eigenvalue weighted by Crippen LogP contribution is 2.35. The number of rotatable bonds is 4. The van der Waals surface area contributed by atoms with Crippen molar-refractivity contribution in [2.24, 2.45) is 0 Å². The SMILES string of the molecule is COc1ccc(C=O)cc1Oc1c(C#N)cccc1C#N. The second-order valence-corrected chi connectivity index (χ2v) is 4.04. The van der Waals surface area contributed by atoms with Gasteiger partial charge in [-0.2, -0.15) is 10.5 Å². The fourth-order valence-electron chi connectivity index (χ4n) is 1.78. The molecule has 2 rings (SSSR count). The number of aldehydes is 1. The lowest BCUT2D eigenvalue weighted by atomic mass is 10.1. The van der Waals surface area contributed by atoms with Crippen LogP contribution in [0.5, 0.6) is 17.2 Å². The molecule has 0 heterocycles. The van der Waals surface area contributed by atoms with Gasteiger partial charge in [0.05, 0.1) is 18.2 Å². The van der Waals surface area contributed by atoms with Crippen LogP contribution in [0.3, 0.4) is 0 Å². The zero-order chi connectivity index (χ0) is 15.2. The van der Waals surface area contributed by atoms with Crippen molar-refractivity contribution in [1.82, 2.24) is 0 Å². The molecule has 0 radical (unpaired) electrons. The second kappa shape index (κ2) is 6.23. The maximum Gasteiger partial charge on any atom is 0.170 e. The molecule has 0 saturated heterocycles. The molecule has 0 spiro atoms. The third-order valence-corrected chi connectivity index (χ3v) is 2.79. The van der Waals surface area contributed by atoms with Crippen molar-refractivity contribution in [1.29, 1.82) is 10.5 Å². The van der Waals surface area contributed by atoms with E-state index in [0.717, 1.165) is 0 Å². The number of methoxy groups -OCH3 is 1. The molecule has 21 heavy (non-hydrogen) atoms. The standard InChI is InChI=1S/C16H10N2O3/c1-20-14-6-5-11(10-19)7-15(14)21-16-12(8-17)3-2-4-13(16)9-18/h2-7,10H,1H3. The summed E-state index contributed by atoms with van der Waals surface area (Å²) < 4.78 is 10.8. The summed E-state index contributed by atoms with van der Waals surface area (Å²) in [6, 6.07) is 13.3. The number of para-hydroxylation sites is 1. The minimum Gasteiger partial charge on any atom is -0.493 e. The summed E-state index contributed by atoms with van der Waals surface area (Å²) in [7, 11) is 1.46. The fourth-order valence-corrected chi connectivity index (χ4v) is 1.78. The van der Waals surface area contributed by atoms with Crippen LogP contribution >= 0.6 is 0 Å². The van der Waals surface area contributed by atoms with E-state index in [0.29, 0.717) is 17.6 Å². The Morgan fingerprint density at radius 3 is 2.24 bits per heavy atom. The number of carbonyl (C=O) groups is 1. The topological polar surface area (TPSA) is 83.1 Å². The van der Waals surface area contributed by atoms with Crippen LogP contribution in [-0.4, -0.2) is 13.4 Å². The van der Waals surface area contributed by atoms with Gasteiger partial charge in [-0.1, -0.05) is 6.07 Å². The normalized spacial score (nSPS) is 9.29. The van der Waals surface area contributed by atoms with Crippen molar-refractivity contribution in [2.45, 2.75) is 0 Å². The predicted octanol–water partition coefficient (Wildman–Crippen LogP) is 3.04. The number of hydrogen-bond donors (Lipinski definition) is 0. The smallest absolute Gasteiger partial charge is 0.170 e. The summed E-state index contributed by atoms with van der Waals surface area (Å²) in [5, 5.41) is 18.2. The first-order valence-corrected chi connectivity index (χ1v) is 5.97. The second-order valence-electron chi connectivity index (χ2n) is 4.04. The molecule has 0 N–H and O–H groups in total. The lowest BCUT2D eigenvalue weighted by Gasteiger charge is -2.12. The van der Waals surface area contributed by atoms with Crippen LogP contribution in [0.15, 0.2) is 36.4 Å². The van der Waals surface area contributed by atoms with E-state index in [4.69, 9.17) is 20.0 Å². The van der Waals surface area contributed by atoms with Crippen LogP contribution < -0.4 is 9.47 Å². The van der Waals surface area contributed by atoms with Gasteiger partial charge in [0, 0.05) is 5.56 Å². The van der Waals surface area contributed by atoms with Gasteiger partial charge in [-0.05, 0) is 30.3 Å². The molecule has 0 bridgehead atoms. The lowest BCUT2D eigenvalue weighted by Crippen LogP contribution is -1.96. The molecular weight excluding hydrogens is 268 g/mol. The van der Waals surface area contributed by atoms with Crippen molar-refractivity contribution in [3.05, 3.63) is 53.1 Å². The van der Waals surface area contributed by atoms with Gasteiger partial charge in [0.25, 0.3) is 0 Å². The zero-order valence-corrected chi connectivity index (χ0v) is 11.2. The highest BCUT2D eigenvalue weighted by molar-refractivity contribution is 5.76. The Kier molecular flexibility index (Phi) is 4.18. The Morgan fingerprint density at radius 1 is 1.05 bits per heavy atom. The van der Waals surface area contributed by atoms with Crippen molar-refractivity contribution in [3.8, 4) is 29.4 Å². The Hall–Kier alpha value is -3.31. The third kappa shape index (κ3) is 2.83. The minimum atomic E-state index is 0.142. The van der Waals surface area contributed by atoms with Gasteiger partial charge in [-0.3, -0.25) is 4.79 Å². The minimum absolute atomic E-state index is 0.142. The average Bonchev–Trinajstić information content (AvgIpc) is 2.54. The van der Waals surface area contributed by atoms with Gasteiger partial charge in [-0.15, -0.1) is 0 Å². The van der Waals surface area contributed by atoms with Gasteiger partial charge in [0.2, 0.25) is 0 Å². The molecule has 0 amide bonds. The van der Waals surface area contributed by atoms with Gasteiger partial charge in [0.1, 0.15) is 18.4 Å². The molecule has 0 saturated carbocycles. The maximum atomic E-state index is 10.9. The van der Waals surface area contributed by atoms with Crippen molar-refractivity contribution in [3.63, 3.8) is 0 Å². The molecule has 0 fully saturated rings. The number of carbonyl (C=O) groups excluding carboxylic acids is 1. The molecular formula is C16H10N2O3. The van der Waals surface area contributed by atoms with Crippen LogP contribution in [0, 0.1) is 22.7 Å². The number of hydrogen-bond acceptors (Lipinski definition) is 5. The van der Waals surface area contributed by atoms with E-state index in [1.54, 1.807) is 30.3 Å². The van der Waals surface area contributed by atoms with E-state index in [-0.39, 0.29) is 22.6 Å². The molecule has 2 aromatic rings. The lowest BCUT2D eigenvalue weighted by molar-refractivity contribution is 0.112. The largest absolute Gasteiger partial charge is 0.493 e. The Bertz CT molecular complexity index is 738. The van der Waals surface area contributed by atoms with E-state index in [2.05, 4.69) is 0 Å². The molecule has 0 aliphatic heterocycles. The number of benzene rings is 2. The first kappa shape index (κ1) is 14.1. The molecule has 0 aromatic heterocycles. The predicted molar refractivity (Wildman–Crippen MR) is 74.3 cm³/mol. The molecule has 102 valence electrons. The summed E-state index contributed by atoms with van der Waals surface area (Å²) in [4.78, 5) is 10.9. The molecule has 2 aromatic carbocycles. The van der Waals surface area contributed by atoms with E-state index in [9.17, 15) is 4.79 Å². The van der Waals surface area contributed by atoms with Crippen LogP contribution in [0.2, 0.25) is 0 Å². The van der Waals surface area contributed by atoms with Crippen molar-refractivity contribution < 1.29 is 14.3 Å². The van der Waals surface area contributed by atoms with E-state index >= 15 is 0 Å². The molecule has 5 nitrogen and oxygen atoms in total. The van der Waals surface area contributed by atoms with Crippen LogP contribution in [0.1, 0.15) is 21.5 Å². The van der Waals surface area contributed by atoms with Crippen molar-refractivity contribution in [2.75, 3.05) is 7.11 Å². The van der Waals surface area contributed by atoms with E-state index in [1.807, 2.05) is 12.1 Å². The summed E-state index contributed by atoms with van der Waals surface area (Å²) in [6.07, 6.45) is 0.674. The maximum absolute atomic E-state index is 10.9. The summed E-state index contributed by atoms with van der Waals surface area (Å²) in [6.45, 7) is 0. The molecule has 0 atom stereocenters. The van der Waals surface area contributed by atoms with E-state index in [1.165, 1.54) is 13.2 Å². The van der Waals surface area contributed by atoms with Crippen LogP contribution in [0.4, 0.5) is 0 Å². The van der Waals surface area contributed by atoms with Crippen molar-refractivity contribution >= 4 is 6.29 Å². The van der Waals surface area contributed by atoms with Gasteiger partial charge in [0.15, 0.2) is 17.2 Å². The monoisotopic (exact) mass is 278 g/mol. The number of ether oxygens (including phenoxy) is 2. The molecule has 0 aliphatic carbocycles. The Morgan fingerprint density at radius 2 is 1.71 bits per heavy atom. The Balaban J connectivity index is 2.55. The highest BCUT2D eigenvalue weighted by atomic mass is 16.5. The fraction of sp³-hybridized carbons (Fsp3) is 0.0625. The summed E-state index contributed by atoms with van der Waals surface area (Å²) >= 11 is 0. The van der Waals surface area contributed by atoms with E-state index < -0.39 is 0 Å². The third-order valence-electron chi connectivity index (χ3n) is 2.79. The quantitative estimate of drug-likeness (QED) is 0.802. The summed E-state index contributed by atoms with van der Waals surface area (Å²) in [5.41, 5.74) is 0.860. The molecule has 0 aliphatic rings. The number of nitriles is 2. The average molecular weight is 278 g/mol. The van der Waals surface area contributed by atoms with Gasteiger partial charge < -0.3 is 9.47 Å². The zero-order valence-electron chi connectivity index (χ0n) is 11.2. The molecule has 0 unspecified atom stereocenters. The Labute approximate surface area is 121 Å². The van der Waals surface area contributed by atoms with Gasteiger partial charge >= 0.3 is 0 Å². The molecule has 5 heteroatoms. The highest BCUT2D eigenvalue weighted by Gasteiger charge is 2.14. The first-order valence-electron chi connectivity index (χ1n) is 5.97. The summed E-state index contributed by atoms with van der Waals surface area (Å²) in [5.74, 6) is 0.808. The first-order chi connectivity index (χ1) is 10.2. The van der Waals surface area contributed by atoms with Gasteiger partial charge in [-0.25, -0.2) is 0 Å². The van der Waals surface area contributed by atoms with Crippen LogP contribution in [0.25, 0.3) is 0 Å². The number of nitrogens with zero attached hydrogens (tertiary/aromatic N) is 2. The van der Waals surface area contributed by atoms with Crippen LogP contribution in [-0.2, 0) is 0 Å².